The summed E-state index contributed by atoms with van der Waals surface area (Å²) in [5.41, 5.74) is 3.03. The number of aromatic nitrogens is 4. The zero-order valence-electron chi connectivity index (χ0n) is 11.2. The Morgan fingerprint density at radius 3 is 2.52 bits per heavy atom. The molecule has 0 radical (unpaired) electrons. The molecular formula is C17H12N4. The molecule has 4 rings (SSSR count). The maximum Gasteiger partial charge on any atom is 0.169 e. The van der Waals surface area contributed by atoms with Crippen LogP contribution >= 0.6 is 0 Å². The van der Waals surface area contributed by atoms with E-state index in [4.69, 9.17) is 0 Å². The van der Waals surface area contributed by atoms with Crippen LogP contribution in [0.15, 0.2) is 73.2 Å². The molecule has 2 heterocycles. The van der Waals surface area contributed by atoms with Gasteiger partial charge in [0.2, 0.25) is 0 Å². The van der Waals surface area contributed by atoms with E-state index < -0.39 is 0 Å². The van der Waals surface area contributed by atoms with E-state index in [1.165, 1.54) is 0 Å². The highest BCUT2D eigenvalue weighted by Gasteiger charge is 2.12. The Bertz CT molecular complexity index is 891. The van der Waals surface area contributed by atoms with Crippen LogP contribution in [0.25, 0.3) is 28.0 Å². The third-order valence-electron chi connectivity index (χ3n) is 3.47. The molecule has 0 aliphatic carbocycles. The fraction of sp³-hybridized carbons (Fsp3) is 0. The van der Waals surface area contributed by atoms with E-state index in [1.807, 2.05) is 65.4 Å². The van der Waals surface area contributed by atoms with E-state index in [9.17, 15) is 0 Å². The van der Waals surface area contributed by atoms with Crippen LogP contribution in [-0.4, -0.2) is 19.7 Å². The van der Waals surface area contributed by atoms with Gasteiger partial charge in [-0.3, -0.25) is 9.55 Å². The summed E-state index contributed by atoms with van der Waals surface area (Å²) >= 11 is 0. The second kappa shape index (κ2) is 4.83. The van der Waals surface area contributed by atoms with Crippen LogP contribution in [0.5, 0.6) is 0 Å². The number of pyridine rings is 1. The van der Waals surface area contributed by atoms with Crippen molar-refractivity contribution < 1.29 is 0 Å². The number of hydrogen-bond acceptors (Lipinski definition) is 3. The minimum Gasteiger partial charge on any atom is -0.282 e. The molecule has 2 aromatic carbocycles. The normalized spacial score (nSPS) is 10.9. The van der Waals surface area contributed by atoms with Crippen molar-refractivity contribution in [3.05, 3.63) is 73.2 Å². The zero-order valence-corrected chi connectivity index (χ0v) is 11.2. The monoisotopic (exact) mass is 272 g/mol. The van der Waals surface area contributed by atoms with Crippen LogP contribution < -0.4 is 0 Å². The predicted octanol–water partition coefficient (Wildman–Crippen LogP) is 3.48. The number of rotatable bonds is 2. The van der Waals surface area contributed by atoms with Gasteiger partial charge in [0.05, 0.1) is 5.52 Å². The third-order valence-corrected chi connectivity index (χ3v) is 3.47. The van der Waals surface area contributed by atoms with Gasteiger partial charge in [-0.2, -0.15) is 0 Å². The molecule has 2 aromatic heterocycles. The molecule has 100 valence electrons. The molecule has 0 fully saturated rings. The smallest absolute Gasteiger partial charge is 0.169 e. The molecule has 0 spiro atoms. The van der Waals surface area contributed by atoms with Gasteiger partial charge in [-0.05, 0) is 24.3 Å². The summed E-state index contributed by atoms with van der Waals surface area (Å²) in [5, 5.41) is 9.45. The van der Waals surface area contributed by atoms with Crippen molar-refractivity contribution in [1.29, 1.82) is 0 Å². The Morgan fingerprint density at radius 1 is 0.810 bits per heavy atom. The Balaban J connectivity index is 1.97. The lowest BCUT2D eigenvalue weighted by atomic mass is 10.1. The van der Waals surface area contributed by atoms with Crippen LogP contribution in [-0.2, 0) is 0 Å². The highest BCUT2D eigenvalue weighted by Crippen LogP contribution is 2.27. The quantitative estimate of drug-likeness (QED) is 0.561. The third kappa shape index (κ3) is 1.97. The van der Waals surface area contributed by atoms with E-state index in [0.717, 1.165) is 28.0 Å². The lowest BCUT2D eigenvalue weighted by Gasteiger charge is -2.08. The lowest BCUT2D eigenvalue weighted by molar-refractivity contribution is 1.06. The van der Waals surface area contributed by atoms with Crippen molar-refractivity contribution in [2.75, 3.05) is 0 Å². The number of para-hydroxylation sites is 2. The van der Waals surface area contributed by atoms with Gasteiger partial charge >= 0.3 is 0 Å². The molecule has 0 bridgehead atoms. The van der Waals surface area contributed by atoms with E-state index >= 15 is 0 Å². The Labute approximate surface area is 121 Å². The molecule has 0 saturated carbocycles. The summed E-state index contributed by atoms with van der Waals surface area (Å²) in [6.07, 6.45) is 3.54. The second-order valence-corrected chi connectivity index (χ2v) is 4.74. The van der Waals surface area contributed by atoms with Crippen LogP contribution in [0, 0.1) is 0 Å². The first-order valence-electron chi connectivity index (χ1n) is 6.73. The molecule has 0 N–H and O–H groups in total. The van der Waals surface area contributed by atoms with Crippen molar-refractivity contribution >= 4 is 10.9 Å². The van der Waals surface area contributed by atoms with Gasteiger partial charge in [0.15, 0.2) is 5.82 Å². The van der Waals surface area contributed by atoms with Gasteiger partial charge in [-0.15, -0.1) is 10.2 Å². The molecular weight excluding hydrogens is 260 g/mol. The van der Waals surface area contributed by atoms with E-state index in [0.29, 0.717) is 0 Å². The van der Waals surface area contributed by atoms with Crippen LogP contribution in [0.3, 0.4) is 0 Å². The number of hydrogen-bond donors (Lipinski definition) is 0. The molecule has 0 unspecified atom stereocenters. The summed E-state index contributed by atoms with van der Waals surface area (Å²) in [6, 6.07) is 20.1. The molecule has 4 nitrogen and oxygen atoms in total. The minimum absolute atomic E-state index is 0.819. The lowest BCUT2D eigenvalue weighted by Crippen LogP contribution is -1.96. The van der Waals surface area contributed by atoms with Crippen molar-refractivity contribution in [2.24, 2.45) is 0 Å². The van der Waals surface area contributed by atoms with Crippen molar-refractivity contribution in [3.8, 4) is 17.1 Å². The first-order chi connectivity index (χ1) is 10.4. The molecule has 0 amide bonds. The maximum atomic E-state index is 4.40. The fourth-order valence-corrected chi connectivity index (χ4v) is 2.49. The molecule has 0 saturated heterocycles. The maximum absolute atomic E-state index is 4.40. The predicted molar refractivity (Wildman–Crippen MR) is 82.1 cm³/mol. The van der Waals surface area contributed by atoms with Gasteiger partial charge in [0.1, 0.15) is 6.33 Å². The highest BCUT2D eigenvalue weighted by atomic mass is 15.3. The first-order valence-corrected chi connectivity index (χ1v) is 6.73. The SMILES string of the molecule is c1ccc(-n2cnnc2-c2ccnc3ccccc23)cc1. The van der Waals surface area contributed by atoms with Gasteiger partial charge in [0.25, 0.3) is 0 Å². The summed E-state index contributed by atoms with van der Waals surface area (Å²) < 4.78 is 1.99. The Hall–Kier alpha value is -3.01. The summed E-state index contributed by atoms with van der Waals surface area (Å²) in [5.74, 6) is 0.819. The second-order valence-electron chi connectivity index (χ2n) is 4.74. The average Bonchev–Trinajstić information content (AvgIpc) is 3.04. The van der Waals surface area contributed by atoms with Crippen molar-refractivity contribution in [1.82, 2.24) is 19.7 Å². The van der Waals surface area contributed by atoms with Gasteiger partial charge < -0.3 is 0 Å². The topological polar surface area (TPSA) is 43.6 Å². The summed E-state index contributed by atoms with van der Waals surface area (Å²) in [6.45, 7) is 0. The zero-order chi connectivity index (χ0) is 14.1. The largest absolute Gasteiger partial charge is 0.282 e. The highest BCUT2D eigenvalue weighted by molar-refractivity contribution is 5.92. The van der Waals surface area contributed by atoms with Crippen molar-refractivity contribution in [3.63, 3.8) is 0 Å². The molecule has 4 aromatic rings. The van der Waals surface area contributed by atoms with Crippen LogP contribution in [0.2, 0.25) is 0 Å². The number of nitrogens with zero attached hydrogens (tertiary/aromatic N) is 4. The first kappa shape index (κ1) is 11.8. The standard InChI is InChI=1S/C17H12N4/c1-2-6-13(7-3-1)21-12-19-20-17(21)15-10-11-18-16-9-5-4-8-14(15)16/h1-12H. The summed E-state index contributed by atoms with van der Waals surface area (Å²) in [4.78, 5) is 4.40. The van der Waals surface area contributed by atoms with Gasteiger partial charge in [-0.1, -0.05) is 36.4 Å². The molecule has 0 aliphatic rings. The molecule has 0 aliphatic heterocycles. The minimum atomic E-state index is 0.819. The van der Waals surface area contributed by atoms with Gasteiger partial charge in [-0.25, -0.2) is 0 Å². The average molecular weight is 272 g/mol. The van der Waals surface area contributed by atoms with E-state index in [1.54, 1.807) is 6.33 Å². The fourth-order valence-electron chi connectivity index (χ4n) is 2.49. The van der Waals surface area contributed by atoms with Gasteiger partial charge in [0, 0.05) is 22.8 Å². The molecule has 21 heavy (non-hydrogen) atoms. The Morgan fingerprint density at radius 2 is 1.62 bits per heavy atom. The van der Waals surface area contributed by atoms with Crippen molar-refractivity contribution in [2.45, 2.75) is 0 Å². The number of benzene rings is 2. The molecule has 4 heteroatoms. The molecule has 0 atom stereocenters. The van der Waals surface area contributed by atoms with E-state index in [-0.39, 0.29) is 0 Å². The van der Waals surface area contributed by atoms with Crippen LogP contribution in [0.4, 0.5) is 0 Å². The van der Waals surface area contributed by atoms with Crippen LogP contribution in [0.1, 0.15) is 0 Å². The number of fused-ring (bicyclic) bond motifs is 1. The summed E-state index contributed by atoms with van der Waals surface area (Å²) in [7, 11) is 0. The van der Waals surface area contributed by atoms with E-state index in [2.05, 4.69) is 21.2 Å². The Kier molecular flexibility index (Phi) is 2.71.